The lowest BCUT2D eigenvalue weighted by atomic mass is 9.74. The number of aromatic nitrogens is 3. The molecule has 1 aromatic rings. The predicted molar refractivity (Wildman–Crippen MR) is 141 cm³/mol. The van der Waals surface area contributed by atoms with Gasteiger partial charge in [-0.3, -0.25) is 9.59 Å². The van der Waals surface area contributed by atoms with Crippen LogP contribution in [-0.2, 0) is 27.3 Å². The molecule has 0 amide bonds. The van der Waals surface area contributed by atoms with Gasteiger partial charge in [-0.1, -0.05) is 86.8 Å². The fourth-order valence-electron chi connectivity index (χ4n) is 4.85. The monoisotopic (exact) mass is 489 g/mol. The molecule has 2 atom stereocenters. The Kier molecular flexibility index (Phi) is 10.3. The largest absolute Gasteiger partial charge is 0.364 e. The van der Waals surface area contributed by atoms with Gasteiger partial charge in [-0.2, -0.15) is 0 Å². The summed E-state index contributed by atoms with van der Waals surface area (Å²) >= 11 is 0. The number of Topliss-reactive ketones (excluding diaryl/α,β-unsaturated/α-hetero) is 2. The fourth-order valence-corrected chi connectivity index (χ4v) is 4.85. The highest BCUT2D eigenvalue weighted by Gasteiger charge is 2.32. The second-order valence-electron chi connectivity index (χ2n) is 13.8. The van der Waals surface area contributed by atoms with Gasteiger partial charge in [0.2, 0.25) is 0 Å². The summed E-state index contributed by atoms with van der Waals surface area (Å²) in [4.78, 5) is 25.5. The average molecular weight is 490 g/mol. The molecule has 0 N–H and O–H groups in total. The molecule has 0 bridgehead atoms. The quantitative estimate of drug-likeness (QED) is 0.334. The van der Waals surface area contributed by atoms with E-state index in [2.05, 4.69) is 31.1 Å². The highest BCUT2D eigenvalue weighted by atomic mass is 16.5. The average Bonchev–Trinajstić information content (AvgIpc) is 3.08. The van der Waals surface area contributed by atoms with Crippen molar-refractivity contribution in [2.45, 2.75) is 133 Å². The van der Waals surface area contributed by atoms with E-state index in [-0.39, 0.29) is 35.2 Å². The Labute approximate surface area is 214 Å². The molecule has 0 spiro atoms. The van der Waals surface area contributed by atoms with Crippen molar-refractivity contribution >= 4 is 11.6 Å². The van der Waals surface area contributed by atoms with E-state index in [1.807, 2.05) is 46.2 Å². The number of nitrogens with zero attached hydrogens (tertiary/aromatic N) is 3. The van der Waals surface area contributed by atoms with E-state index >= 15 is 0 Å². The zero-order valence-corrected chi connectivity index (χ0v) is 24.0. The number of hydrogen-bond acceptors (Lipinski definition) is 5. The summed E-state index contributed by atoms with van der Waals surface area (Å²) in [6.07, 6.45) is 8.85. The van der Waals surface area contributed by atoms with Gasteiger partial charge in [0.05, 0.1) is 5.69 Å². The lowest BCUT2D eigenvalue weighted by molar-refractivity contribution is -0.133. The van der Waals surface area contributed by atoms with Crippen LogP contribution in [0.2, 0.25) is 0 Å². The van der Waals surface area contributed by atoms with Crippen molar-refractivity contribution in [3.63, 3.8) is 0 Å². The van der Waals surface area contributed by atoms with Crippen molar-refractivity contribution in [2.75, 3.05) is 6.61 Å². The first-order chi connectivity index (χ1) is 16.1. The van der Waals surface area contributed by atoms with Crippen LogP contribution in [0, 0.1) is 22.2 Å². The molecule has 35 heavy (non-hydrogen) atoms. The summed E-state index contributed by atoms with van der Waals surface area (Å²) in [5.41, 5.74) is 1.51. The van der Waals surface area contributed by atoms with Gasteiger partial charge in [0.25, 0.3) is 0 Å². The van der Waals surface area contributed by atoms with Gasteiger partial charge in [-0.25, -0.2) is 4.68 Å². The van der Waals surface area contributed by atoms with Gasteiger partial charge in [0, 0.05) is 23.3 Å². The molecule has 6 nitrogen and oxygen atoms in total. The molecule has 2 rings (SSSR count). The van der Waals surface area contributed by atoms with Crippen LogP contribution in [0.25, 0.3) is 0 Å². The molecule has 1 unspecified atom stereocenters. The molecule has 0 aromatic carbocycles. The highest BCUT2D eigenvalue weighted by molar-refractivity contribution is 5.86. The lowest BCUT2D eigenvalue weighted by Gasteiger charge is -2.30. The smallest absolute Gasteiger partial charge is 0.163 e. The molecule has 1 aliphatic carbocycles. The summed E-state index contributed by atoms with van der Waals surface area (Å²) in [5, 5.41) is 9.02. The SMILES string of the molecule is CC(C)(C)C[C@H](CCCCn1nnc2c1CCCCCC2OCC(=O)C(C)(C)C)C(=O)C(C)(C)C. The summed E-state index contributed by atoms with van der Waals surface area (Å²) in [7, 11) is 0. The van der Waals surface area contributed by atoms with Crippen LogP contribution in [0.4, 0.5) is 0 Å². The summed E-state index contributed by atoms with van der Waals surface area (Å²) in [5.74, 6) is 0.593. The molecular weight excluding hydrogens is 438 g/mol. The summed E-state index contributed by atoms with van der Waals surface area (Å²) < 4.78 is 8.15. The fraction of sp³-hybridized carbons (Fsp3) is 0.862. The van der Waals surface area contributed by atoms with Crippen LogP contribution >= 0.6 is 0 Å². The molecule has 6 heteroatoms. The zero-order chi connectivity index (χ0) is 26.4. The van der Waals surface area contributed by atoms with Crippen LogP contribution in [0.15, 0.2) is 0 Å². The Morgan fingerprint density at radius 2 is 1.66 bits per heavy atom. The molecular formula is C29H51N3O3. The van der Waals surface area contributed by atoms with Gasteiger partial charge in [0.15, 0.2) is 5.78 Å². The minimum absolute atomic E-state index is 0.101. The van der Waals surface area contributed by atoms with Crippen molar-refractivity contribution in [3.8, 4) is 0 Å². The second kappa shape index (κ2) is 12.1. The number of carbonyl (C=O) groups excluding carboxylic acids is 2. The number of carbonyl (C=O) groups is 2. The Morgan fingerprint density at radius 1 is 0.971 bits per heavy atom. The lowest BCUT2D eigenvalue weighted by Crippen LogP contribution is -2.31. The molecule has 1 heterocycles. The molecule has 0 saturated carbocycles. The number of aryl methyl sites for hydroxylation is 1. The van der Waals surface area contributed by atoms with E-state index in [4.69, 9.17) is 4.74 Å². The molecule has 0 saturated heterocycles. The third-order valence-corrected chi connectivity index (χ3v) is 6.95. The van der Waals surface area contributed by atoms with Crippen LogP contribution in [-0.4, -0.2) is 33.2 Å². The first-order valence-electron chi connectivity index (χ1n) is 13.7. The molecule has 0 aliphatic heterocycles. The Bertz CT molecular complexity index is 837. The molecule has 0 radical (unpaired) electrons. The number of hydrogen-bond donors (Lipinski definition) is 0. The Morgan fingerprint density at radius 3 is 2.26 bits per heavy atom. The minimum Gasteiger partial charge on any atom is -0.364 e. The molecule has 200 valence electrons. The van der Waals surface area contributed by atoms with Gasteiger partial charge < -0.3 is 4.74 Å². The van der Waals surface area contributed by atoms with Crippen LogP contribution in [0.3, 0.4) is 0 Å². The van der Waals surface area contributed by atoms with Crippen molar-refractivity contribution in [2.24, 2.45) is 22.2 Å². The van der Waals surface area contributed by atoms with E-state index < -0.39 is 5.41 Å². The van der Waals surface area contributed by atoms with Crippen molar-refractivity contribution in [1.29, 1.82) is 0 Å². The number of unbranched alkanes of at least 4 members (excludes halogenated alkanes) is 1. The van der Waals surface area contributed by atoms with Crippen LogP contribution < -0.4 is 0 Å². The topological polar surface area (TPSA) is 74.1 Å². The van der Waals surface area contributed by atoms with E-state index in [1.165, 1.54) is 0 Å². The predicted octanol–water partition coefficient (Wildman–Crippen LogP) is 6.91. The summed E-state index contributed by atoms with van der Waals surface area (Å²) in [6, 6.07) is 0. The molecule has 1 aromatic heterocycles. The van der Waals surface area contributed by atoms with E-state index in [0.717, 1.165) is 75.7 Å². The normalized spacial score (nSPS) is 18.5. The molecule has 1 aliphatic rings. The maximum atomic E-state index is 13.1. The van der Waals surface area contributed by atoms with Crippen molar-refractivity contribution in [1.82, 2.24) is 15.0 Å². The minimum atomic E-state index is -0.402. The van der Waals surface area contributed by atoms with Gasteiger partial charge in [0.1, 0.15) is 24.2 Å². The zero-order valence-electron chi connectivity index (χ0n) is 24.0. The number of ketones is 2. The first-order valence-corrected chi connectivity index (χ1v) is 13.7. The van der Waals surface area contributed by atoms with E-state index in [0.29, 0.717) is 5.78 Å². The third-order valence-electron chi connectivity index (χ3n) is 6.95. The van der Waals surface area contributed by atoms with Gasteiger partial charge in [-0.05, 0) is 43.9 Å². The van der Waals surface area contributed by atoms with Gasteiger partial charge >= 0.3 is 0 Å². The van der Waals surface area contributed by atoms with Crippen molar-refractivity contribution < 1.29 is 14.3 Å². The van der Waals surface area contributed by atoms with Crippen molar-refractivity contribution in [3.05, 3.63) is 11.4 Å². The van der Waals surface area contributed by atoms with Crippen LogP contribution in [0.5, 0.6) is 0 Å². The number of ether oxygens (including phenoxy) is 1. The first kappa shape index (κ1) is 29.7. The van der Waals surface area contributed by atoms with Crippen LogP contribution in [0.1, 0.15) is 131 Å². The maximum Gasteiger partial charge on any atom is 0.163 e. The highest BCUT2D eigenvalue weighted by Crippen LogP contribution is 2.34. The van der Waals surface area contributed by atoms with E-state index in [1.54, 1.807) is 0 Å². The molecule has 0 fully saturated rings. The number of fused-ring (bicyclic) bond motifs is 1. The standard InChI is InChI=1S/C29H51N3O3/c1-27(2,3)19-21(26(34)29(7,8)9)15-13-14-18-32-22-16-11-10-12-17-23(25(22)30-31-32)35-20-24(33)28(4,5)6/h21,23H,10-20H2,1-9H3/t21-,23?/m0/s1. The third kappa shape index (κ3) is 9.44. The summed E-state index contributed by atoms with van der Waals surface area (Å²) in [6.45, 7) is 19.5. The number of rotatable bonds is 10. The van der Waals surface area contributed by atoms with E-state index in [9.17, 15) is 9.59 Å². The Hall–Kier alpha value is -1.56. The maximum absolute atomic E-state index is 13.1. The Balaban J connectivity index is 2.02. The second-order valence-corrected chi connectivity index (χ2v) is 13.8. The van der Waals surface area contributed by atoms with Gasteiger partial charge in [-0.15, -0.1) is 5.10 Å².